The summed E-state index contributed by atoms with van der Waals surface area (Å²) in [6.45, 7) is 2.30. The quantitative estimate of drug-likeness (QED) is 0.0645. The highest BCUT2D eigenvalue weighted by Crippen LogP contribution is 2.52. The molecule has 1 unspecified atom stereocenters. The minimum Gasteiger partial charge on any atom is -0.373 e. The fourth-order valence-corrected chi connectivity index (χ4v) is 5.20. The first-order chi connectivity index (χ1) is 15.5. The van der Waals surface area contributed by atoms with E-state index in [1.807, 2.05) is 21.1 Å². The van der Waals surface area contributed by atoms with Crippen LogP contribution in [0.2, 0.25) is 0 Å². The normalized spacial score (nSPS) is 15.0. The summed E-state index contributed by atoms with van der Waals surface area (Å²) in [6.07, 6.45) is 28.4. The molecule has 0 aliphatic heterocycles. The first-order valence-corrected chi connectivity index (χ1v) is 15.0. The molecule has 196 valence electrons. The maximum absolute atomic E-state index is 11.8. The molecule has 1 atom stereocenters. The highest BCUT2D eigenvalue weighted by molar-refractivity contribution is 7.53. The van der Waals surface area contributed by atoms with Crippen LogP contribution < -0.4 is 0 Å². The van der Waals surface area contributed by atoms with Gasteiger partial charge in [0.2, 0.25) is 5.34 Å². The lowest BCUT2D eigenvalue weighted by atomic mass is 10.1. The molecule has 0 aliphatic carbocycles. The summed E-state index contributed by atoms with van der Waals surface area (Å²) in [5.41, 5.74) is 0. The molecule has 0 saturated heterocycles. The molecule has 3 N–H and O–H groups in total. The zero-order valence-corrected chi connectivity index (χ0v) is 23.1. The van der Waals surface area contributed by atoms with Crippen LogP contribution in [0.5, 0.6) is 0 Å². The van der Waals surface area contributed by atoms with E-state index in [-0.39, 0.29) is 13.0 Å². The Balaban J connectivity index is 3.66. The second kappa shape index (κ2) is 18.8. The Morgan fingerprint density at radius 3 is 1.39 bits per heavy atom. The fraction of sp³-hybridized carbons (Fsp3) is 0.852. The van der Waals surface area contributed by atoms with Gasteiger partial charge in [0.1, 0.15) is 6.54 Å². The number of hydrogen-bond donors (Lipinski definition) is 3. The van der Waals surface area contributed by atoms with Gasteiger partial charge in [-0.1, -0.05) is 76.2 Å². The van der Waals surface area contributed by atoms with Gasteiger partial charge in [0.25, 0.3) is 0 Å². The van der Waals surface area contributed by atoms with Crippen LogP contribution >= 0.6 is 7.60 Å². The summed E-state index contributed by atoms with van der Waals surface area (Å²) < 4.78 is 12.1. The zero-order valence-electron chi connectivity index (χ0n) is 22.2. The lowest BCUT2D eigenvalue weighted by Gasteiger charge is -2.35. The molecule has 33 heavy (non-hydrogen) atoms. The molecule has 0 bridgehead atoms. The minimum absolute atomic E-state index is 0.0442. The van der Waals surface area contributed by atoms with Crippen molar-refractivity contribution in [2.45, 2.75) is 121 Å². The zero-order chi connectivity index (χ0) is 25.1. The third kappa shape index (κ3) is 19.5. The number of aliphatic hydroxyl groups is 1. The maximum Gasteiger partial charge on any atom is 0.362 e. The maximum atomic E-state index is 11.8. The minimum atomic E-state index is -4.56. The Morgan fingerprint density at radius 2 is 1.03 bits per heavy atom. The predicted octanol–water partition coefficient (Wildman–Crippen LogP) is 7.32. The van der Waals surface area contributed by atoms with Crippen LogP contribution in [0.15, 0.2) is 24.3 Å². The summed E-state index contributed by atoms with van der Waals surface area (Å²) in [7, 11) is 0.932. The van der Waals surface area contributed by atoms with Crippen molar-refractivity contribution >= 4 is 7.60 Å². The number of allylic oxidation sites excluding steroid dienone is 4. The first-order valence-electron chi connectivity index (χ1n) is 13.4. The van der Waals surface area contributed by atoms with Gasteiger partial charge in [-0.15, -0.1) is 0 Å². The second-order valence-electron chi connectivity index (χ2n) is 10.7. The molecule has 0 aliphatic rings. The summed E-state index contributed by atoms with van der Waals surface area (Å²) in [5.74, 6) is 0. The molecule has 0 saturated carbocycles. The molecule has 0 aromatic rings. The molecule has 6 heteroatoms. The van der Waals surface area contributed by atoms with Crippen LogP contribution in [0.4, 0.5) is 0 Å². The largest absolute Gasteiger partial charge is 0.373 e. The van der Waals surface area contributed by atoms with Gasteiger partial charge in [-0.2, -0.15) is 0 Å². The average Bonchev–Trinajstić information content (AvgIpc) is 2.70. The molecule has 0 aromatic heterocycles. The molecule has 0 amide bonds. The van der Waals surface area contributed by atoms with E-state index in [1.165, 1.54) is 77.0 Å². The van der Waals surface area contributed by atoms with Gasteiger partial charge in [0, 0.05) is 0 Å². The van der Waals surface area contributed by atoms with Crippen LogP contribution in [-0.2, 0) is 4.57 Å². The van der Waals surface area contributed by atoms with Crippen molar-refractivity contribution in [1.82, 2.24) is 0 Å². The number of quaternary nitrogens is 1. The van der Waals surface area contributed by atoms with Gasteiger partial charge in [-0.25, -0.2) is 0 Å². The predicted molar refractivity (Wildman–Crippen MR) is 142 cm³/mol. The third-order valence-corrected chi connectivity index (χ3v) is 7.47. The summed E-state index contributed by atoms with van der Waals surface area (Å²) in [6, 6.07) is 0. The van der Waals surface area contributed by atoms with Gasteiger partial charge in [0.15, 0.2) is 0 Å². The number of nitrogens with zero attached hydrogens (tertiary/aromatic N) is 1. The van der Waals surface area contributed by atoms with Crippen molar-refractivity contribution in [3.8, 4) is 0 Å². The van der Waals surface area contributed by atoms with E-state index in [9.17, 15) is 19.5 Å². The Kier molecular flexibility index (Phi) is 18.6. The summed E-state index contributed by atoms with van der Waals surface area (Å²) >= 11 is 0. The smallest absolute Gasteiger partial charge is 0.362 e. The van der Waals surface area contributed by atoms with Gasteiger partial charge >= 0.3 is 7.60 Å². The Hall–Kier alpha value is -0.450. The SMILES string of the molecule is CCCCCCC/C=C\CCCCCCC/C=C\CCCCC(O)(C[N+](C)(C)C)P(=O)(O)O. The van der Waals surface area contributed by atoms with Gasteiger partial charge in [0.05, 0.1) is 21.1 Å². The molecule has 0 aromatic carbocycles. The topological polar surface area (TPSA) is 77.8 Å². The molecule has 0 fully saturated rings. The van der Waals surface area contributed by atoms with Gasteiger partial charge < -0.3 is 19.4 Å². The summed E-state index contributed by atoms with van der Waals surface area (Å²) in [5, 5.41) is 8.60. The first kappa shape index (κ1) is 32.5. The molecule has 0 heterocycles. The van der Waals surface area contributed by atoms with E-state index >= 15 is 0 Å². The number of hydrogen-bond acceptors (Lipinski definition) is 2. The van der Waals surface area contributed by atoms with Crippen molar-refractivity contribution < 1.29 is 23.9 Å². The molecule has 0 radical (unpaired) electrons. The van der Waals surface area contributed by atoms with Crippen molar-refractivity contribution in [3.63, 3.8) is 0 Å². The second-order valence-corrected chi connectivity index (χ2v) is 12.6. The van der Waals surface area contributed by atoms with E-state index in [2.05, 4.69) is 31.2 Å². The van der Waals surface area contributed by atoms with E-state index < -0.39 is 12.9 Å². The summed E-state index contributed by atoms with van der Waals surface area (Å²) in [4.78, 5) is 19.2. The van der Waals surface area contributed by atoms with Crippen LogP contribution in [-0.4, -0.2) is 52.4 Å². The standard InChI is InChI=1S/C27H54NO4P/c1-5-6-7-8-9-10-11-12-13-14-15-16-17-18-19-20-21-22-23-24-25-27(29,33(30,31)32)26-28(2,3)4/h11-12,20-21,29H,5-10,13-19,22-26H2,1-4H3,(H-,30,31,32)/p+1/b12-11-,21-20-. The number of rotatable bonds is 22. The average molecular weight is 489 g/mol. The van der Waals surface area contributed by atoms with Crippen LogP contribution in [0.3, 0.4) is 0 Å². The van der Waals surface area contributed by atoms with Crippen LogP contribution in [0.1, 0.15) is 116 Å². The Labute approximate surface area is 205 Å². The molecule has 5 nitrogen and oxygen atoms in total. The third-order valence-electron chi connectivity index (χ3n) is 6.02. The highest BCUT2D eigenvalue weighted by atomic mass is 31.2. The van der Waals surface area contributed by atoms with Crippen molar-refractivity contribution in [2.24, 2.45) is 0 Å². The van der Waals surface area contributed by atoms with Crippen molar-refractivity contribution in [3.05, 3.63) is 24.3 Å². The highest BCUT2D eigenvalue weighted by Gasteiger charge is 2.48. The molecular formula is C27H55NO4P+. The van der Waals surface area contributed by atoms with E-state index in [4.69, 9.17) is 0 Å². The molecule has 0 spiro atoms. The van der Waals surface area contributed by atoms with E-state index in [1.54, 1.807) is 0 Å². The lowest BCUT2D eigenvalue weighted by Crippen LogP contribution is -2.49. The van der Waals surface area contributed by atoms with Gasteiger partial charge in [-0.05, 0) is 64.2 Å². The van der Waals surface area contributed by atoms with Gasteiger partial charge in [-0.3, -0.25) is 4.57 Å². The van der Waals surface area contributed by atoms with Crippen molar-refractivity contribution in [2.75, 3.05) is 27.7 Å². The lowest BCUT2D eigenvalue weighted by molar-refractivity contribution is -0.875. The molecular weight excluding hydrogens is 433 g/mol. The van der Waals surface area contributed by atoms with E-state index in [0.717, 1.165) is 19.3 Å². The number of unbranched alkanes of at least 4 members (excludes halogenated alkanes) is 13. The number of likely N-dealkylation sites (N-methyl/N-ethyl adjacent to an activating group) is 1. The fourth-order valence-electron chi connectivity index (χ4n) is 4.14. The van der Waals surface area contributed by atoms with Crippen molar-refractivity contribution in [1.29, 1.82) is 0 Å². The Bertz CT molecular complexity index is 565. The van der Waals surface area contributed by atoms with Crippen LogP contribution in [0.25, 0.3) is 0 Å². The Morgan fingerprint density at radius 1 is 0.667 bits per heavy atom. The van der Waals surface area contributed by atoms with E-state index in [0.29, 0.717) is 10.9 Å². The molecule has 0 rings (SSSR count). The van der Waals surface area contributed by atoms with Crippen LogP contribution in [0, 0.1) is 0 Å². The monoisotopic (exact) mass is 488 g/mol.